The van der Waals surface area contributed by atoms with Crippen LogP contribution in [-0.2, 0) is 16.1 Å². The maximum absolute atomic E-state index is 11.9. The van der Waals surface area contributed by atoms with Crippen LogP contribution < -0.4 is 4.74 Å². The molecule has 0 fully saturated rings. The monoisotopic (exact) mass is 338 g/mol. The average Bonchev–Trinajstić information content (AvgIpc) is 3.09. The van der Waals surface area contributed by atoms with Gasteiger partial charge in [0.05, 0.1) is 0 Å². The third kappa shape index (κ3) is 4.23. The highest BCUT2D eigenvalue weighted by Crippen LogP contribution is 2.22. The summed E-state index contributed by atoms with van der Waals surface area (Å²) in [4.78, 5) is 11.9. The van der Waals surface area contributed by atoms with E-state index in [1.54, 1.807) is 0 Å². The van der Waals surface area contributed by atoms with E-state index in [1.165, 1.54) is 0 Å². The van der Waals surface area contributed by atoms with Crippen LogP contribution in [0.3, 0.4) is 0 Å². The van der Waals surface area contributed by atoms with E-state index in [4.69, 9.17) is 13.9 Å². The van der Waals surface area contributed by atoms with Crippen LogP contribution in [0.2, 0.25) is 0 Å². The summed E-state index contributed by atoms with van der Waals surface area (Å²) in [5, 5.41) is 7.82. The molecular weight excluding hydrogens is 320 g/mol. The SMILES string of the molecule is Cc1cccc(C)c1OCC(=O)OCc1nnc(-c2ccccc2)o1. The zero-order valence-electron chi connectivity index (χ0n) is 14.1. The highest BCUT2D eigenvalue weighted by Gasteiger charge is 2.12. The molecule has 0 saturated heterocycles. The quantitative estimate of drug-likeness (QED) is 0.641. The van der Waals surface area contributed by atoms with E-state index in [0.29, 0.717) is 11.6 Å². The Bertz CT molecular complexity index is 839. The number of nitrogens with zero attached hydrogens (tertiary/aromatic N) is 2. The predicted molar refractivity (Wildman–Crippen MR) is 90.9 cm³/mol. The summed E-state index contributed by atoms with van der Waals surface area (Å²) in [5.41, 5.74) is 2.75. The number of carbonyl (C=O) groups is 1. The van der Waals surface area contributed by atoms with Gasteiger partial charge in [-0.1, -0.05) is 36.4 Å². The molecule has 1 heterocycles. The smallest absolute Gasteiger partial charge is 0.344 e. The molecule has 1 aromatic heterocycles. The second-order valence-corrected chi connectivity index (χ2v) is 5.54. The molecule has 6 heteroatoms. The van der Waals surface area contributed by atoms with Crippen LogP contribution in [0.4, 0.5) is 0 Å². The van der Waals surface area contributed by atoms with Gasteiger partial charge in [0.2, 0.25) is 5.89 Å². The fraction of sp³-hybridized carbons (Fsp3) is 0.211. The molecule has 0 saturated carbocycles. The molecule has 3 aromatic rings. The average molecular weight is 338 g/mol. The number of para-hydroxylation sites is 1. The van der Waals surface area contributed by atoms with Crippen LogP contribution in [0.1, 0.15) is 17.0 Å². The standard InChI is InChI=1S/C19H18N2O4/c1-13-7-6-8-14(2)18(13)24-12-17(22)23-11-16-20-21-19(25-16)15-9-4-3-5-10-15/h3-10H,11-12H2,1-2H3. The Kier molecular flexibility index (Phi) is 5.09. The Labute approximate surface area is 145 Å². The van der Waals surface area contributed by atoms with Gasteiger partial charge < -0.3 is 13.9 Å². The van der Waals surface area contributed by atoms with Crippen LogP contribution >= 0.6 is 0 Å². The van der Waals surface area contributed by atoms with Crippen molar-refractivity contribution in [1.29, 1.82) is 0 Å². The Morgan fingerprint density at radius 1 is 1.00 bits per heavy atom. The highest BCUT2D eigenvalue weighted by molar-refractivity contribution is 5.71. The minimum Gasteiger partial charge on any atom is -0.481 e. The van der Waals surface area contributed by atoms with Gasteiger partial charge in [0.25, 0.3) is 5.89 Å². The number of rotatable bonds is 6. The summed E-state index contributed by atoms with van der Waals surface area (Å²) in [6.45, 7) is 3.59. The summed E-state index contributed by atoms with van der Waals surface area (Å²) in [6.07, 6.45) is 0. The van der Waals surface area contributed by atoms with E-state index in [9.17, 15) is 4.79 Å². The first kappa shape index (κ1) is 16.7. The topological polar surface area (TPSA) is 74.5 Å². The second kappa shape index (κ2) is 7.61. The highest BCUT2D eigenvalue weighted by atomic mass is 16.6. The van der Waals surface area contributed by atoms with Gasteiger partial charge in [0.1, 0.15) is 5.75 Å². The summed E-state index contributed by atoms with van der Waals surface area (Å²) in [7, 11) is 0. The van der Waals surface area contributed by atoms with Crippen LogP contribution in [0.5, 0.6) is 5.75 Å². The number of hydrogen-bond donors (Lipinski definition) is 0. The molecule has 0 aliphatic carbocycles. The fourth-order valence-corrected chi connectivity index (χ4v) is 2.35. The van der Waals surface area contributed by atoms with Gasteiger partial charge in [-0.2, -0.15) is 0 Å². The molecule has 6 nitrogen and oxygen atoms in total. The molecule has 0 aliphatic rings. The van der Waals surface area contributed by atoms with Crippen molar-refractivity contribution >= 4 is 5.97 Å². The molecule has 0 aliphatic heterocycles. The second-order valence-electron chi connectivity index (χ2n) is 5.54. The van der Waals surface area contributed by atoms with E-state index in [1.807, 2.05) is 62.4 Å². The zero-order valence-corrected chi connectivity index (χ0v) is 14.1. The van der Waals surface area contributed by atoms with Crippen molar-refractivity contribution in [3.63, 3.8) is 0 Å². The van der Waals surface area contributed by atoms with E-state index in [-0.39, 0.29) is 19.1 Å². The lowest BCUT2D eigenvalue weighted by molar-refractivity contribution is -0.148. The molecule has 128 valence electrons. The Morgan fingerprint density at radius 2 is 1.72 bits per heavy atom. The van der Waals surface area contributed by atoms with Crippen molar-refractivity contribution < 1.29 is 18.7 Å². The van der Waals surface area contributed by atoms with Crippen LogP contribution in [0.25, 0.3) is 11.5 Å². The Hall–Kier alpha value is -3.15. The molecule has 0 bridgehead atoms. The molecular formula is C19H18N2O4. The normalized spacial score (nSPS) is 10.5. The van der Waals surface area contributed by atoms with Gasteiger partial charge in [-0.3, -0.25) is 0 Å². The lowest BCUT2D eigenvalue weighted by atomic mass is 10.1. The number of aryl methyl sites for hydroxylation is 2. The largest absolute Gasteiger partial charge is 0.481 e. The first-order valence-corrected chi connectivity index (χ1v) is 7.86. The zero-order chi connectivity index (χ0) is 17.6. The third-order valence-corrected chi connectivity index (χ3v) is 3.59. The van der Waals surface area contributed by atoms with Crippen LogP contribution in [0.15, 0.2) is 52.9 Å². The van der Waals surface area contributed by atoms with E-state index >= 15 is 0 Å². The molecule has 0 amide bonds. The Balaban J connectivity index is 1.52. The maximum Gasteiger partial charge on any atom is 0.344 e. The number of hydrogen-bond acceptors (Lipinski definition) is 6. The molecule has 0 radical (unpaired) electrons. The molecule has 0 spiro atoms. The van der Waals surface area contributed by atoms with Crippen molar-refractivity contribution in [3.05, 3.63) is 65.5 Å². The lowest BCUT2D eigenvalue weighted by Crippen LogP contribution is -2.15. The summed E-state index contributed by atoms with van der Waals surface area (Å²) in [5.74, 6) is 0.823. The molecule has 0 atom stereocenters. The number of ether oxygens (including phenoxy) is 2. The molecule has 0 unspecified atom stereocenters. The van der Waals surface area contributed by atoms with E-state index in [0.717, 1.165) is 16.7 Å². The van der Waals surface area contributed by atoms with Crippen molar-refractivity contribution in [2.24, 2.45) is 0 Å². The minimum atomic E-state index is -0.498. The van der Waals surface area contributed by atoms with Gasteiger partial charge >= 0.3 is 5.97 Å². The van der Waals surface area contributed by atoms with Gasteiger partial charge in [-0.15, -0.1) is 10.2 Å². The first-order valence-electron chi connectivity index (χ1n) is 7.86. The van der Waals surface area contributed by atoms with Crippen molar-refractivity contribution in [2.45, 2.75) is 20.5 Å². The van der Waals surface area contributed by atoms with Gasteiger partial charge in [0.15, 0.2) is 13.2 Å². The van der Waals surface area contributed by atoms with E-state index in [2.05, 4.69) is 10.2 Å². The number of benzene rings is 2. The number of aromatic nitrogens is 2. The van der Waals surface area contributed by atoms with Crippen LogP contribution in [0, 0.1) is 13.8 Å². The summed E-state index contributed by atoms with van der Waals surface area (Å²) >= 11 is 0. The molecule has 0 N–H and O–H groups in total. The van der Waals surface area contributed by atoms with E-state index < -0.39 is 5.97 Å². The van der Waals surface area contributed by atoms with Crippen molar-refractivity contribution in [3.8, 4) is 17.2 Å². The van der Waals surface area contributed by atoms with Crippen molar-refractivity contribution in [1.82, 2.24) is 10.2 Å². The minimum absolute atomic E-state index is 0.0885. The molecule has 3 rings (SSSR count). The number of carbonyl (C=O) groups excluding carboxylic acids is 1. The third-order valence-electron chi connectivity index (χ3n) is 3.59. The number of esters is 1. The lowest BCUT2D eigenvalue weighted by Gasteiger charge is -2.11. The predicted octanol–water partition coefficient (Wildman–Crippen LogP) is 3.48. The van der Waals surface area contributed by atoms with Gasteiger partial charge in [-0.25, -0.2) is 4.79 Å². The summed E-state index contributed by atoms with van der Waals surface area (Å²) < 4.78 is 16.2. The molecule has 25 heavy (non-hydrogen) atoms. The summed E-state index contributed by atoms with van der Waals surface area (Å²) in [6, 6.07) is 15.2. The van der Waals surface area contributed by atoms with Gasteiger partial charge in [0, 0.05) is 5.56 Å². The Morgan fingerprint density at radius 3 is 2.44 bits per heavy atom. The molecule has 2 aromatic carbocycles. The van der Waals surface area contributed by atoms with Crippen molar-refractivity contribution in [2.75, 3.05) is 6.61 Å². The van der Waals surface area contributed by atoms with Gasteiger partial charge in [-0.05, 0) is 37.1 Å². The first-order chi connectivity index (χ1) is 12.1. The van der Waals surface area contributed by atoms with Crippen LogP contribution in [-0.4, -0.2) is 22.8 Å². The fourth-order valence-electron chi connectivity index (χ4n) is 2.35. The maximum atomic E-state index is 11.9.